The van der Waals surface area contributed by atoms with E-state index in [0.29, 0.717) is 19.7 Å². The van der Waals surface area contributed by atoms with Crippen LogP contribution in [0.25, 0.3) is 0 Å². The molecule has 0 amide bonds. The minimum absolute atomic E-state index is 0.0764. The lowest BCUT2D eigenvalue weighted by Crippen LogP contribution is -2.50. The summed E-state index contributed by atoms with van der Waals surface area (Å²) in [5.41, 5.74) is 1.12. The van der Waals surface area contributed by atoms with Crippen LogP contribution in [0.1, 0.15) is 76.7 Å². The number of hydrogen-bond donors (Lipinski definition) is 2. The Morgan fingerprint density at radius 1 is 0.741 bits per heavy atom. The van der Waals surface area contributed by atoms with Crippen molar-refractivity contribution in [2.75, 3.05) is 33.2 Å². The molecule has 0 unspecified atom stereocenters. The Bertz CT molecular complexity index is 435. The van der Waals surface area contributed by atoms with Crippen LogP contribution in [-0.4, -0.2) is 47.9 Å². The molecule has 0 saturated carbocycles. The van der Waals surface area contributed by atoms with Gasteiger partial charge in [-0.25, -0.2) is 0 Å². The molecular formula is C23H42NO3+. The third-order valence-electron chi connectivity index (χ3n) is 5.31. The molecule has 1 rings (SSSR count). The van der Waals surface area contributed by atoms with Gasteiger partial charge in [-0.2, -0.15) is 0 Å². The first-order chi connectivity index (χ1) is 13.3. The summed E-state index contributed by atoms with van der Waals surface area (Å²) in [6, 6.07) is 10.0. The molecule has 0 aliphatic rings. The van der Waals surface area contributed by atoms with Crippen LogP contribution in [0.5, 0.6) is 0 Å². The minimum atomic E-state index is -0.0764. The standard InChI is InChI=1S/C23H42NO3/c1-2-3-4-5-6-7-8-9-10-14-18-27-19-17-24(21-25,22-26)20-23-15-12-11-13-16-23/h11-13,15-16,25-26H,2-10,14,17-22H2,1H3/q+1. The molecule has 27 heavy (non-hydrogen) atoms. The largest absolute Gasteiger partial charge is 0.376 e. The number of hydrogen-bond acceptors (Lipinski definition) is 3. The summed E-state index contributed by atoms with van der Waals surface area (Å²) in [7, 11) is 0. The second kappa shape index (κ2) is 16.1. The molecule has 1 aromatic rings. The van der Waals surface area contributed by atoms with E-state index in [9.17, 15) is 10.2 Å². The number of unbranched alkanes of at least 4 members (excludes halogenated alkanes) is 9. The Labute approximate surface area is 166 Å². The fraction of sp³-hybridized carbons (Fsp3) is 0.739. The lowest BCUT2D eigenvalue weighted by molar-refractivity contribution is -0.973. The first-order valence-electron chi connectivity index (χ1n) is 10.9. The Morgan fingerprint density at radius 2 is 1.30 bits per heavy atom. The van der Waals surface area contributed by atoms with Crippen LogP contribution in [-0.2, 0) is 11.3 Å². The van der Waals surface area contributed by atoms with E-state index in [4.69, 9.17) is 4.74 Å². The van der Waals surface area contributed by atoms with Gasteiger partial charge in [0.05, 0.1) is 6.61 Å². The highest BCUT2D eigenvalue weighted by molar-refractivity contribution is 5.13. The number of nitrogens with zero attached hydrogens (tertiary/aromatic N) is 1. The van der Waals surface area contributed by atoms with E-state index in [0.717, 1.165) is 18.6 Å². The van der Waals surface area contributed by atoms with Gasteiger partial charge in [0.1, 0.15) is 13.1 Å². The van der Waals surface area contributed by atoms with Crippen LogP contribution in [0.4, 0.5) is 0 Å². The molecule has 0 aliphatic heterocycles. The maximum Gasteiger partial charge on any atom is 0.182 e. The molecule has 0 saturated heterocycles. The molecule has 0 fully saturated rings. The van der Waals surface area contributed by atoms with Crippen molar-refractivity contribution in [1.82, 2.24) is 0 Å². The quantitative estimate of drug-likeness (QED) is 0.218. The topological polar surface area (TPSA) is 49.7 Å². The van der Waals surface area contributed by atoms with E-state index in [2.05, 4.69) is 6.92 Å². The summed E-state index contributed by atoms with van der Waals surface area (Å²) in [5.74, 6) is 0. The highest BCUT2D eigenvalue weighted by Crippen LogP contribution is 2.13. The Balaban J connectivity index is 2.05. The number of rotatable bonds is 18. The van der Waals surface area contributed by atoms with Gasteiger partial charge in [0, 0.05) is 12.2 Å². The predicted molar refractivity (Wildman–Crippen MR) is 112 cm³/mol. The van der Waals surface area contributed by atoms with Crippen LogP contribution in [0.3, 0.4) is 0 Å². The van der Waals surface area contributed by atoms with Gasteiger partial charge in [0.15, 0.2) is 13.5 Å². The van der Waals surface area contributed by atoms with E-state index in [-0.39, 0.29) is 17.9 Å². The minimum Gasteiger partial charge on any atom is -0.376 e. The van der Waals surface area contributed by atoms with Crippen molar-refractivity contribution in [2.24, 2.45) is 0 Å². The van der Waals surface area contributed by atoms with Gasteiger partial charge >= 0.3 is 0 Å². The van der Waals surface area contributed by atoms with Crippen molar-refractivity contribution < 1.29 is 19.4 Å². The molecule has 2 N–H and O–H groups in total. The van der Waals surface area contributed by atoms with Gasteiger partial charge in [-0.1, -0.05) is 95.0 Å². The third kappa shape index (κ3) is 11.5. The number of quaternary nitrogens is 1. The van der Waals surface area contributed by atoms with Crippen molar-refractivity contribution in [3.05, 3.63) is 35.9 Å². The summed E-state index contributed by atoms with van der Waals surface area (Å²) in [5, 5.41) is 19.6. The van der Waals surface area contributed by atoms with E-state index in [1.807, 2.05) is 30.3 Å². The Kier molecular flexibility index (Phi) is 14.3. The molecule has 0 atom stereocenters. The molecule has 0 aromatic heterocycles. The van der Waals surface area contributed by atoms with Gasteiger partial charge in [-0.15, -0.1) is 0 Å². The highest BCUT2D eigenvalue weighted by atomic mass is 16.5. The molecule has 1 aromatic carbocycles. The SMILES string of the molecule is CCCCCCCCCCCCOCC[N+](CO)(CO)Cc1ccccc1. The van der Waals surface area contributed by atoms with Crippen LogP contribution >= 0.6 is 0 Å². The van der Waals surface area contributed by atoms with Gasteiger partial charge in [0.2, 0.25) is 0 Å². The average molecular weight is 381 g/mol. The molecule has 0 heterocycles. The molecule has 4 nitrogen and oxygen atoms in total. The second-order valence-corrected chi connectivity index (χ2v) is 7.79. The van der Waals surface area contributed by atoms with Crippen LogP contribution < -0.4 is 0 Å². The van der Waals surface area contributed by atoms with Gasteiger partial charge in [0.25, 0.3) is 0 Å². The maximum absolute atomic E-state index is 9.79. The van der Waals surface area contributed by atoms with Crippen LogP contribution in [0.15, 0.2) is 30.3 Å². The predicted octanol–water partition coefficient (Wildman–Crippen LogP) is 4.84. The van der Waals surface area contributed by atoms with E-state index in [1.165, 1.54) is 57.8 Å². The molecule has 156 valence electrons. The van der Waals surface area contributed by atoms with Crippen molar-refractivity contribution in [3.8, 4) is 0 Å². The normalized spacial score (nSPS) is 11.8. The van der Waals surface area contributed by atoms with Crippen LogP contribution in [0.2, 0.25) is 0 Å². The summed E-state index contributed by atoms with van der Waals surface area (Å²) < 4.78 is 6.00. The zero-order valence-electron chi connectivity index (χ0n) is 17.5. The highest BCUT2D eigenvalue weighted by Gasteiger charge is 2.25. The van der Waals surface area contributed by atoms with Crippen LogP contribution in [0, 0.1) is 0 Å². The van der Waals surface area contributed by atoms with Gasteiger partial charge in [-0.05, 0) is 6.42 Å². The van der Waals surface area contributed by atoms with Crippen molar-refractivity contribution in [1.29, 1.82) is 0 Å². The number of aliphatic hydroxyl groups excluding tert-OH is 2. The van der Waals surface area contributed by atoms with Crippen molar-refractivity contribution >= 4 is 0 Å². The zero-order valence-corrected chi connectivity index (χ0v) is 17.5. The Hall–Kier alpha value is -0.940. The summed E-state index contributed by atoms with van der Waals surface area (Å²) in [6.45, 7) is 4.71. The zero-order chi connectivity index (χ0) is 19.6. The molecular weight excluding hydrogens is 338 g/mol. The fourth-order valence-electron chi connectivity index (χ4n) is 3.39. The fourth-order valence-corrected chi connectivity index (χ4v) is 3.39. The van der Waals surface area contributed by atoms with Gasteiger partial charge in [-0.3, -0.25) is 4.48 Å². The first kappa shape index (κ1) is 24.1. The van der Waals surface area contributed by atoms with E-state index >= 15 is 0 Å². The smallest absolute Gasteiger partial charge is 0.182 e. The van der Waals surface area contributed by atoms with Crippen molar-refractivity contribution in [3.63, 3.8) is 0 Å². The van der Waals surface area contributed by atoms with Crippen molar-refractivity contribution in [2.45, 2.75) is 77.7 Å². The molecule has 0 bridgehead atoms. The monoisotopic (exact) mass is 380 g/mol. The van der Waals surface area contributed by atoms with E-state index in [1.54, 1.807) is 0 Å². The molecule has 0 spiro atoms. The van der Waals surface area contributed by atoms with E-state index < -0.39 is 0 Å². The summed E-state index contributed by atoms with van der Waals surface area (Å²) in [4.78, 5) is 0. The first-order valence-corrected chi connectivity index (χ1v) is 10.9. The number of aliphatic hydroxyl groups is 2. The number of benzene rings is 1. The summed E-state index contributed by atoms with van der Waals surface area (Å²) >= 11 is 0. The number of ether oxygens (including phenoxy) is 1. The molecule has 0 radical (unpaired) electrons. The average Bonchev–Trinajstić information content (AvgIpc) is 2.71. The molecule has 4 heteroatoms. The summed E-state index contributed by atoms with van der Waals surface area (Å²) in [6.07, 6.45) is 13.3. The lowest BCUT2D eigenvalue weighted by Gasteiger charge is -2.34. The maximum atomic E-state index is 9.79. The van der Waals surface area contributed by atoms with Gasteiger partial charge < -0.3 is 14.9 Å². The Morgan fingerprint density at radius 3 is 1.85 bits per heavy atom. The lowest BCUT2D eigenvalue weighted by atomic mass is 10.1. The molecule has 0 aliphatic carbocycles. The third-order valence-corrected chi connectivity index (χ3v) is 5.31. The second-order valence-electron chi connectivity index (χ2n) is 7.79.